The van der Waals surface area contributed by atoms with E-state index in [-0.39, 0.29) is 13.0 Å². The first-order valence-corrected chi connectivity index (χ1v) is 9.47. The molecule has 1 aromatic carbocycles. The molecule has 2 aromatic rings. The molecule has 30 heavy (non-hydrogen) atoms. The van der Waals surface area contributed by atoms with Crippen LogP contribution in [0.5, 0.6) is 5.75 Å². The number of carboxylic acid groups (broad SMARTS) is 1. The monoisotopic (exact) mass is 419 g/mol. The maximum Gasteiger partial charge on any atom is 0.336 e. The Morgan fingerprint density at radius 2 is 2.03 bits per heavy atom. The number of carboxylic acids is 1. The van der Waals surface area contributed by atoms with Crippen LogP contribution in [0.25, 0.3) is 11.0 Å². The van der Waals surface area contributed by atoms with E-state index in [2.05, 4.69) is 10.6 Å². The van der Waals surface area contributed by atoms with Crippen molar-refractivity contribution in [1.29, 1.82) is 0 Å². The smallest absolute Gasteiger partial charge is 0.336 e. The first-order chi connectivity index (χ1) is 14.2. The number of amides is 3. The summed E-state index contributed by atoms with van der Waals surface area (Å²) in [5.41, 5.74) is 6.29. The molecular formula is C20H25N3O7. The van der Waals surface area contributed by atoms with Crippen LogP contribution in [0.4, 0.5) is 4.79 Å². The number of rotatable bonds is 10. The maximum absolute atomic E-state index is 12.1. The van der Waals surface area contributed by atoms with Gasteiger partial charge in [0, 0.05) is 23.6 Å². The van der Waals surface area contributed by atoms with Crippen molar-refractivity contribution in [3.05, 3.63) is 39.7 Å². The Morgan fingerprint density at radius 3 is 2.67 bits per heavy atom. The number of primary amides is 1. The third kappa shape index (κ3) is 5.97. The lowest BCUT2D eigenvalue weighted by Crippen LogP contribution is -2.43. The predicted octanol–water partition coefficient (Wildman–Crippen LogP) is 1.06. The normalized spacial score (nSPS) is 11.7. The molecule has 1 aromatic heterocycles. The van der Waals surface area contributed by atoms with Gasteiger partial charge in [0.25, 0.3) is 5.91 Å². The first kappa shape index (κ1) is 22.7. The Labute approximate surface area is 172 Å². The largest absolute Gasteiger partial charge is 0.483 e. The molecule has 0 fully saturated rings. The van der Waals surface area contributed by atoms with Gasteiger partial charge in [0.15, 0.2) is 6.61 Å². The summed E-state index contributed by atoms with van der Waals surface area (Å²) in [5, 5.41) is 14.8. The van der Waals surface area contributed by atoms with Gasteiger partial charge in [-0.1, -0.05) is 6.92 Å². The Hall–Kier alpha value is -3.56. The van der Waals surface area contributed by atoms with Crippen LogP contribution in [-0.4, -0.2) is 42.2 Å². The zero-order valence-electron chi connectivity index (χ0n) is 16.8. The van der Waals surface area contributed by atoms with Crippen LogP contribution in [0.3, 0.4) is 0 Å². The summed E-state index contributed by atoms with van der Waals surface area (Å²) >= 11 is 0. The summed E-state index contributed by atoms with van der Waals surface area (Å²) in [5.74, 6) is -1.46. The van der Waals surface area contributed by atoms with E-state index in [1.165, 1.54) is 6.07 Å². The summed E-state index contributed by atoms with van der Waals surface area (Å²) < 4.78 is 10.8. The molecule has 1 unspecified atom stereocenters. The molecule has 0 aliphatic rings. The van der Waals surface area contributed by atoms with Crippen molar-refractivity contribution in [3.63, 3.8) is 0 Å². The van der Waals surface area contributed by atoms with E-state index < -0.39 is 36.2 Å². The van der Waals surface area contributed by atoms with Crippen molar-refractivity contribution in [3.8, 4) is 5.75 Å². The SMILES string of the molecule is CCc1cc(=O)oc2c(C)c(OCC(=O)NC(CCCNC(N)=O)C(=O)O)ccc12. The number of nitrogens with one attached hydrogen (secondary N) is 2. The molecule has 0 bridgehead atoms. The number of nitrogens with two attached hydrogens (primary N) is 1. The molecule has 1 atom stereocenters. The van der Waals surface area contributed by atoms with Crippen molar-refractivity contribution >= 4 is 28.9 Å². The van der Waals surface area contributed by atoms with Gasteiger partial charge in [0.05, 0.1) is 0 Å². The van der Waals surface area contributed by atoms with Gasteiger partial charge in [-0.25, -0.2) is 14.4 Å². The number of benzene rings is 1. The molecule has 10 heteroatoms. The van der Waals surface area contributed by atoms with Gasteiger partial charge in [-0.3, -0.25) is 4.79 Å². The lowest BCUT2D eigenvalue weighted by atomic mass is 10.0. The third-order valence-electron chi connectivity index (χ3n) is 4.54. The third-order valence-corrected chi connectivity index (χ3v) is 4.54. The summed E-state index contributed by atoms with van der Waals surface area (Å²) in [4.78, 5) is 45.8. The molecule has 2 rings (SSSR count). The number of aliphatic carboxylic acids is 1. The van der Waals surface area contributed by atoms with Crippen molar-refractivity contribution in [2.45, 2.75) is 39.2 Å². The second-order valence-corrected chi connectivity index (χ2v) is 6.69. The number of ether oxygens (including phenoxy) is 1. The van der Waals surface area contributed by atoms with Gasteiger partial charge in [-0.15, -0.1) is 0 Å². The van der Waals surface area contributed by atoms with Crippen LogP contribution in [0.2, 0.25) is 0 Å². The minimum absolute atomic E-state index is 0.112. The van der Waals surface area contributed by atoms with E-state index in [1.807, 2.05) is 6.92 Å². The first-order valence-electron chi connectivity index (χ1n) is 9.47. The average molecular weight is 419 g/mol. The van der Waals surface area contributed by atoms with Gasteiger partial charge in [0.2, 0.25) is 0 Å². The lowest BCUT2D eigenvalue weighted by Gasteiger charge is -2.16. The number of hydrogen-bond donors (Lipinski definition) is 4. The van der Waals surface area contributed by atoms with Crippen LogP contribution in [0.15, 0.2) is 27.4 Å². The zero-order chi connectivity index (χ0) is 22.3. The fourth-order valence-corrected chi connectivity index (χ4v) is 3.01. The summed E-state index contributed by atoms with van der Waals surface area (Å²) in [7, 11) is 0. The van der Waals surface area contributed by atoms with Crippen molar-refractivity contribution in [2.75, 3.05) is 13.2 Å². The Balaban J connectivity index is 2.01. The minimum atomic E-state index is -1.20. The zero-order valence-corrected chi connectivity index (χ0v) is 16.8. The Morgan fingerprint density at radius 1 is 1.30 bits per heavy atom. The number of aryl methyl sites for hydroxylation is 2. The van der Waals surface area contributed by atoms with Crippen molar-refractivity contribution < 1.29 is 28.6 Å². The van der Waals surface area contributed by atoms with E-state index in [4.69, 9.17) is 14.9 Å². The summed E-state index contributed by atoms with van der Waals surface area (Å²) in [6, 6.07) is 3.05. The molecule has 0 aliphatic heterocycles. The maximum atomic E-state index is 12.1. The topological polar surface area (TPSA) is 161 Å². The second kappa shape index (κ2) is 10.3. The van der Waals surface area contributed by atoms with E-state index in [0.29, 0.717) is 29.7 Å². The predicted molar refractivity (Wildman–Crippen MR) is 108 cm³/mol. The summed E-state index contributed by atoms with van der Waals surface area (Å²) in [6.45, 7) is 3.44. The van der Waals surface area contributed by atoms with Gasteiger partial charge >= 0.3 is 17.6 Å². The van der Waals surface area contributed by atoms with Gasteiger partial charge < -0.3 is 30.6 Å². The van der Waals surface area contributed by atoms with E-state index in [1.54, 1.807) is 19.1 Å². The van der Waals surface area contributed by atoms with Crippen molar-refractivity contribution in [1.82, 2.24) is 10.6 Å². The standard InChI is InChI=1S/C20H25N3O7/c1-3-12-9-17(25)30-18-11(2)15(7-6-13(12)18)29-10-16(24)23-14(19(26)27)5-4-8-22-20(21)28/h6-7,9,14H,3-5,8,10H2,1-2H3,(H,23,24)(H,26,27)(H3,21,22,28). The molecule has 3 amide bonds. The highest BCUT2D eigenvalue weighted by atomic mass is 16.5. The minimum Gasteiger partial charge on any atom is -0.483 e. The van der Waals surface area contributed by atoms with E-state index >= 15 is 0 Å². The van der Waals surface area contributed by atoms with Crippen LogP contribution < -0.4 is 26.7 Å². The second-order valence-electron chi connectivity index (χ2n) is 6.69. The fraction of sp³-hybridized carbons (Fsp3) is 0.400. The van der Waals surface area contributed by atoms with Crippen molar-refractivity contribution in [2.24, 2.45) is 5.73 Å². The number of carbonyl (C=O) groups excluding carboxylic acids is 2. The van der Waals surface area contributed by atoms with Crippen LogP contribution in [0, 0.1) is 6.92 Å². The molecule has 162 valence electrons. The lowest BCUT2D eigenvalue weighted by molar-refractivity contribution is -0.142. The molecule has 0 spiro atoms. The number of hydrogen-bond acceptors (Lipinski definition) is 6. The quantitative estimate of drug-likeness (QED) is 0.331. The molecule has 0 radical (unpaired) electrons. The Bertz CT molecular complexity index is 1000. The van der Waals surface area contributed by atoms with Crippen LogP contribution in [-0.2, 0) is 16.0 Å². The van der Waals surface area contributed by atoms with Gasteiger partial charge in [0.1, 0.15) is 17.4 Å². The number of urea groups is 1. The highest BCUT2D eigenvalue weighted by molar-refractivity contribution is 5.86. The van der Waals surface area contributed by atoms with Gasteiger partial charge in [-0.2, -0.15) is 0 Å². The van der Waals surface area contributed by atoms with Gasteiger partial charge in [-0.05, 0) is 43.9 Å². The highest BCUT2D eigenvalue weighted by Crippen LogP contribution is 2.28. The molecule has 10 nitrogen and oxygen atoms in total. The number of carbonyl (C=O) groups is 3. The molecule has 5 N–H and O–H groups in total. The van der Waals surface area contributed by atoms with Crippen LogP contribution in [0.1, 0.15) is 30.9 Å². The Kier molecular flexibility index (Phi) is 7.79. The fourth-order valence-electron chi connectivity index (χ4n) is 3.01. The summed E-state index contributed by atoms with van der Waals surface area (Å²) in [6.07, 6.45) is 1.10. The van der Waals surface area contributed by atoms with Crippen LogP contribution >= 0.6 is 0 Å². The average Bonchev–Trinajstić information content (AvgIpc) is 2.69. The van der Waals surface area contributed by atoms with E-state index in [9.17, 15) is 24.3 Å². The highest BCUT2D eigenvalue weighted by Gasteiger charge is 2.20. The molecule has 0 saturated carbocycles. The molecule has 0 aliphatic carbocycles. The molecule has 1 heterocycles. The molecular weight excluding hydrogens is 394 g/mol. The van der Waals surface area contributed by atoms with E-state index in [0.717, 1.165) is 10.9 Å². The molecule has 0 saturated heterocycles. The number of fused-ring (bicyclic) bond motifs is 1.